The van der Waals surface area contributed by atoms with Crippen LogP contribution in [0.1, 0.15) is 49.4 Å². The van der Waals surface area contributed by atoms with Gasteiger partial charge in [0.25, 0.3) is 0 Å². The molecule has 0 bridgehead atoms. The van der Waals surface area contributed by atoms with Gasteiger partial charge in [0.15, 0.2) is 5.75 Å². The summed E-state index contributed by atoms with van der Waals surface area (Å²) >= 11 is 2.84. The van der Waals surface area contributed by atoms with Crippen molar-refractivity contribution in [1.82, 2.24) is 14.8 Å². The second-order valence-corrected chi connectivity index (χ2v) is 9.68. The topological polar surface area (TPSA) is 66.0 Å². The van der Waals surface area contributed by atoms with E-state index in [1.807, 2.05) is 41.9 Å². The minimum Gasteiger partial charge on any atom is -0.453 e. The Morgan fingerprint density at radius 3 is 2.44 bits per heavy atom. The Labute approximate surface area is 196 Å². The Kier molecular flexibility index (Phi) is 6.30. The van der Waals surface area contributed by atoms with Gasteiger partial charge >= 0.3 is 0 Å². The Balaban J connectivity index is 1.69. The van der Waals surface area contributed by atoms with E-state index in [1.165, 1.54) is 31.2 Å². The van der Waals surface area contributed by atoms with Crippen LogP contribution in [0.5, 0.6) is 11.5 Å². The van der Waals surface area contributed by atoms with Crippen molar-refractivity contribution in [2.24, 2.45) is 5.14 Å². The third-order valence-corrected chi connectivity index (χ3v) is 7.35. The normalized spacial score (nSPS) is 14.6. The van der Waals surface area contributed by atoms with Gasteiger partial charge in [-0.05, 0) is 56.0 Å². The summed E-state index contributed by atoms with van der Waals surface area (Å²) in [6.07, 6.45) is 6.04. The number of nitrogens with zero attached hydrogens (tertiary/aromatic N) is 3. The van der Waals surface area contributed by atoms with Crippen LogP contribution >= 0.6 is 23.3 Å². The molecule has 2 heterocycles. The molecule has 2 aromatic heterocycles. The van der Waals surface area contributed by atoms with Gasteiger partial charge < -0.3 is 4.74 Å². The zero-order chi connectivity index (χ0) is 21.9. The van der Waals surface area contributed by atoms with E-state index < -0.39 is 0 Å². The zero-order valence-corrected chi connectivity index (χ0v) is 19.7. The first kappa shape index (κ1) is 21.2. The average Bonchev–Trinajstić information content (AvgIpc) is 3.44. The quantitative estimate of drug-likeness (QED) is 0.309. The molecule has 7 heteroatoms. The van der Waals surface area contributed by atoms with E-state index in [0.717, 1.165) is 57.0 Å². The van der Waals surface area contributed by atoms with Gasteiger partial charge in [-0.1, -0.05) is 49.6 Å². The Morgan fingerprint density at radius 2 is 1.78 bits per heavy atom. The number of hydrogen-bond acceptors (Lipinski definition) is 6. The number of benzene rings is 2. The largest absolute Gasteiger partial charge is 0.453 e. The number of thiazole rings is 1. The lowest BCUT2D eigenvalue weighted by molar-refractivity contribution is 0.414. The van der Waals surface area contributed by atoms with E-state index >= 15 is 0 Å². The molecule has 1 aliphatic rings. The van der Waals surface area contributed by atoms with Gasteiger partial charge in [0.2, 0.25) is 5.13 Å². The fourth-order valence-corrected chi connectivity index (χ4v) is 5.35. The van der Waals surface area contributed by atoms with E-state index in [4.69, 9.17) is 20.0 Å². The highest BCUT2D eigenvalue weighted by Crippen LogP contribution is 2.45. The smallest absolute Gasteiger partial charge is 0.211 e. The molecule has 0 radical (unpaired) electrons. The summed E-state index contributed by atoms with van der Waals surface area (Å²) in [6.45, 7) is 2.02. The fraction of sp³-hybridized carbons (Fsp3) is 0.280. The van der Waals surface area contributed by atoms with Crippen LogP contribution in [0.3, 0.4) is 0 Å². The molecule has 1 saturated carbocycles. The summed E-state index contributed by atoms with van der Waals surface area (Å²) in [6, 6.07) is 18.3. The van der Waals surface area contributed by atoms with Gasteiger partial charge in [-0.25, -0.2) is 9.67 Å². The highest BCUT2D eigenvalue weighted by atomic mass is 32.2. The van der Waals surface area contributed by atoms with Gasteiger partial charge in [0, 0.05) is 21.8 Å². The maximum Gasteiger partial charge on any atom is 0.211 e. The minimum absolute atomic E-state index is 0.391. The molecule has 4 aromatic rings. The molecule has 32 heavy (non-hydrogen) atoms. The summed E-state index contributed by atoms with van der Waals surface area (Å²) in [5.41, 5.74) is 4.06. The van der Waals surface area contributed by atoms with Crippen molar-refractivity contribution in [2.75, 3.05) is 0 Å². The number of ether oxygens (including phenoxy) is 1. The molecule has 0 atom stereocenters. The monoisotopic (exact) mass is 462 g/mol. The summed E-state index contributed by atoms with van der Waals surface area (Å²) in [5.74, 6) is 2.01. The SMILES string of the molecule is Cc1csc(-n2nc(C3CCCCC3)c(Oc3ccc(SN)cc3)c2-c2ccccc2)n1. The lowest BCUT2D eigenvalue weighted by Gasteiger charge is -2.21. The van der Waals surface area contributed by atoms with Gasteiger partial charge in [-0.15, -0.1) is 11.3 Å². The first-order chi connectivity index (χ1) is 15.7. The van der Waals surface area contributed by atoms with Crippen LogP contribution in [-0.4, -0.2) is 14.8 Å². The average molecular weight is 463 g/mol. The molecular formula is C25H26N4OS2. The molecule has 5 nitrogen and oxygen atoms in total. The van der Waals surface area contributed by atoms with Gasteiger partial charge in [-0.2, -0.15) is 5.10 Å². The van der Waals surface area contributed by atoms with E-state index in [0.29, 0.717) is 5.92 Å². The van der Waals surface area contributed by atoms with Crippen LogP contribution in [-0.2, 0) is 0 Å². The van der Waals surface area contributed by atoms with E-state index in [-0.39, 0.29) is 0 Å². The molecule has 2 aromatic carbocycles. The highest BCUT2D eigenvalue weighted by Gasteiger charge is 2.29. The second-order valence-electron chi connectivity index (χ2n) is 8.14. The molecular weight excluding hydrogens is 436 g/mol. The molecule has 1 fully saturated rings. The number of nitrogens with two attached hydrogens (primary N) is 1. The predicted octanol–water partition coefficient (Wildman–Crippen LogP) is 7.11. The second kappa shape index (κ2) is 9.48. The van der Waals surface area contributed by atoms with Crippen molar-refractivity contribution in [2.45, 2.75) is 49.8 Å². The molecule has 164 valence electrons. The standard InChI is InChI=1S/C25H26N4OS2/c1-17-16-31-25(27-17)29-23(19-10-6-3-7-11-19)24(22(28-29)18-8-4-2-5-9-18)30-20-12-14-21(32-26)15-13-20/h3,6-7,10-16,18H,2,4-5,8-9,26H2,1H3. The van der Waals surface area contributed by atoms with Crippen LogP contribution in [0.2, 0.25) is 0 Å². The zero-order valence-electron chi connectivity index (χ0n) is 18.0. The summed E-state index contributed by atoms with van der Waals surface area (Å²) < 4.78 is 8.58. The number of aromatic nitrogens is 3. The van der Waals surface area contributed by atoms with Crippen LogP contribution in [0.25, 0.3) is 16.4 Å². The first-order valence-corrected chi connectivity index (χ1v) is 12.7. The van der Waals surface area contributed by atoms with Crippen molar-refractivity contribution in [3.63, 3.8) is 0 Å². The van der Waals surface area contributed by atoms with Crippen molar-refractivity contribution < 1.29 is 4.74 Å². The third kappa shape index (κ3) is 4.33. The first-order valence-electron chi connectivity index (χ1n) is 11.0. The molecule has 2 N–H and O–H groups in total. The molecule has 1 aliphatic carbocycles. The molecule has 0 aliphatic heterocycles. The molecule has 0 unspecified atom stereocenters. The van der Waals surface area contributed by atoms with Crippen LogP contribution < -0.4 is 9.88 Å². The lowest BCUT2D eigenvalue weighted by Crippen LogP contribution is -2.07. The molecule has 0 spiro atoms. The van der Waals surface area contributed by atoms with Crippen molar-refractivity contribution in [1.29, 1.82) is 0 Å². The van der Waals surface area contributed by atoms with Gasteiger partial charge in [0.1, 0.15) is 17.1 Å². The Morgan fingerprint density at radius 1 is 1.03 bits per heavy atom. The number of rotatable bonds is 6. The van der Waals surface area contributed by atoms with Crippen LogP contribution in [0.15, 0.2) is 64.9 Å². The van der Waals surface area contributed by atoms with Crippen LogP contribution in [0.4, 0.5) is 0 Å². The van der Waals surface area contributed by atoms with E-state index in [9.17, 15) is 0 Å². The van der Waals surface area contributed by atoms with Gasteiger partial charge in [-0.3, -0.25) is 5.14 Å². The van der Waals surface area contributed by atoms with Crippen molar-refractivity contribution in [3.05, 3.63) is 71.4 Å². The minimum atomic E-state index is 0.391. The summed E-state index contributed by atoms with van der Waals surface area (Å²) in [4.78, 5) is 5.75. The maximum atomic E-state index is 6.60. The number of aryl methyl sites for hydroxylation is 1. The Bertz CT molecular complexity index is 1180. The van der Waals surface area contributed by atoms with Gasteiger partial charge in [0.05, 0.1) is 5.69 Å². The lowest BCUT2D eigenvalue weighted by atomic mass is 9.86. The van der Waals surface area contributed by atoms with E-state index in [2.05, 4.69) is 29.6 Å². The fourth-order valence-electron chi connectivity index (χ4n) is 4.30. The number of hydrogen-bond donors (Lipinski definition) is 1. The van der Waals surface area contributed by atoms with E-state index in [1.54, 1.807) is 11.3 Å². The van der Waals surface area contributed by atoms with Crippen LogP contribution in [0, 0.1) is 6.92 Å². The molecule has 5 rings (SSSR count). The molecule has 0 saturated heterocycles. The third-order valence-electron chi connectivity index (χ3n) is 5.87. The highest BCUT2D eigenvalue weighted by molar-refractivity contribution is 7.97. The summed E-state index contributed by atoms with van der Waals surface area (Å²) in [7, 11) is 0. The summed E-state index contributed by atoms with van der Waals surface area (Å²) in [5, 5.41) is 13.8. The predicted molar refractivity (Wildman–Crippen MR) is 132 cm³/mol. The maximum absolute atomic E-state index is 6.60. The Hall–Kier alpha value is -2.61. The van der Waals surface area contributed by atoms with Crippen molar-refractivity contribution >= 4 is 23.3 Å². The molecule has 0 amide bonds. The van der Waals surface area contributed by atoms with Crippen molar-refractivity contribution in [3.8, 4) is 27.9 Å².